The Morgan fingerprint density at radius 3 is 2.68 bits per heavy atom. The van der Waals surface area contributed by atoms with Crippen molar-refractivity contribution in [3.05, 3.63) is 57.6 Å². The fraction of sp³-hybridized carbons (Fsp3) is 0.238. The van der Waals surface area contributed by atoms with Crippen LogP contribution in [0.5, 0.6) is 11.5 Å². The van der Waals surface area contributed by atoms with Crippen LogP contribution in [-0.4, -0.2) is 19.1 Å². The van der Waals surface area contributed by atoms with Crippen LogP contribution in [0.1, 0.15) is 25.8 Å². The molecule has 0 radical (unpaired) electrons. The highest BCUT2D eigenvalue weighted by Gasteiger charge is 2.15. The highest BCUT2D eigenvalue weighted by Crippen LogP contribution is 2.33. The number of nitrogens with zero attached hydrogens (tertiary/aromatic N) is 1. The van der Waals surface area contributed by atoms with Gasteiger partial charge in [0.15, 0.2) is 11.5 Å². The first kappa shape index (κ1) is 21.6. The summed E-state index contributed by atoms with van der Waals surface area (Å²) in [6.07, 6.45) is 2.27. The maximum atomic E-state index is 12.6. The van der Waals surface area contributed by atoms with Crippen LogP contribution in [0.25, 0.3) is 6.08 Å². The SMILES string of the molecule is CCCOc1c(/C=C(\C#N)C(=O)Nc2cc(Cl)ccc2Cl)cccc1OCC. The fourth-order valence-corrected chi connectivity index (χ4v) is 2.70. The second-order valence-corrected chi connectivity index (χ2v) is 6.55. The van der Waals surface area contributed by atoms with Gasteiger partial charge in [-0.1, -0.05) is 42.3 Å². The first-order valence-electron chi connectivity index (χ1n) is 8.76. The molecule has 0 aromatic heterocycles. The van der Waals surface area contributed by atoms with Gasteiger partial charge in [0.05, 0.1) is 23.9 Å². The second kappa shape index (κ2) is 10.6. The Hall–Kier alpha value is -2.68. The van der Waals surface area contributed by atoms with Crippen molar-refractivity contribution in [2.24, 2.45) is 0 Å². The van der Waals surface area contributed by atoms with E-state index >= 15 is 0 Å². The van der Waals surface area contributed by atoms with Crippen LogP contribution in [0.15, 0.2) is 42.0 Å². The van der Waals surface area contributed by atoms with Gasteiger partial charge in [0, 0.05) is 10.6 Å². The third kappa shape index (κ3) is 5.66. The summed E-state index contributed by atoms with van der Waals surface area (Å²) in [7, 11) is 0. The molecule has 0 spiro atoms. The van der Waals surface area contributed by atoms with Crippen molar-refractivity contribution >= 4 is 40.9 Å². The molecule has 2 aromatic rings. The molecule has 1 amide bonds. The number of halogens is 2. The summed E-state index contributed by atoms with van der Waals surface area (Å²) in [4.78, 5) is 12.6. The van der Waals surface area contributed by atoms with E-state index in [1.807, 2.05) is 19.9 Å². The van der Waals surface area contributed by atoms with E-state index in [0.29, 0.717) is 46.0 Å². The molecule has 0 aliphatic carbocycles. The van der Waals surface area contributed by atoms with Gasteiger partial charge in [-0.15, -0.1) is 0 Å². The minimum atomic E-state index is -0.602. The number of anilines is 1. The summed E-state index contributed by atoms with van der Waals surface area (Å²) in [5.74, 6) is 0.447. The summed E-state index contributed by atoms with van der Waals surface area (Å²) < 4.78 is 11.4. The Morgan fingerprint density at radius 1 is 1.21 bits per heavy atom. The van der Waals surface area contributed by atoms with Crippen molar-refractivity contribution in [1.29, 1.82) is 5.26 Å². The summed E-state index contributed by atoms with van der Waals surface area (Å²) in [5, 5.41) is 12.8. The van der Waals surface area contributed by atoms with Crippen molar-refractivity contribution < 1.29 is 14.3 Å². The molecule has 146 valence electrons. The topological polar surface area (TPSA) is 71.3 Å². The van der Waals surface area contributed by atoms with Gasteiger partial charge in [-0.25, -0.2) is 0 Å². The number of hydrogen-bond acceptors (Lipinski definition) is 4. The first-order chi connectivity index (χ1) is 13.5. The van der Waals surface area contributed by atoms with Crippen LogP contribution in [0, 0.1) is 11.3 Å². The van der Waals surface area contributed by atoms with Crippen LogP contribution in [-0.2, 0) is 4.79 Å². The third-order valence-electron chi connectivity index (χ3n) is 3.60. The lowest BCUT2D eigenvalue weighted by molar-refractivity contribution is -0.112. The molecule has 0 aliphatic rings. The molecule has 0 bridgehead atoms. The predicted molar refractivity (Wildman–Crippen MR) is 112 cm³/mol. The third-order valence-corrected chi connectivity index (χ3v) is 4.17. The fourth-order valence-electron chi connectivity index (χ4n) is 2.36. The van der Waals surface area contributed by atoms with E-state index in [1.165, 1.54) is 12.1 Å². The average Bonchev–Trinajstić information content (AvgIpc) is 2.68. The molecule has 5 nitrogen and oxygen atoms in total. The van der Waals surface area contributed by atoms with Gasteiger partial charge in [0.25, 0.3) is 5.91 Å². The molecular formula is C21H20Cl2N2O3. The maximum Gasteiger partial charge on any atom is 0.266 e. The minimum absolute atomic E-state index is 0.106. The van der Waals surface area contributed by atoms with Gasteiger partial charge < -0.3 is 14.8 Å². The number of para-hydroxylation sites is 1. The number of nitriles is 1. The lowest BCUT2D eigenvalue weighted by atomic mass is 10.1. The van der Waals surface area contributed by atoms with Crippen molar-refractivity contribution in [2.75, 3.05) is 18.5 Å². The Balaban J connectivity index is 2.37. The molecular weight excluding hydrogens is 399 g/mol. The molecule has 0 saturated heterocycles. The summed E-state index contributed by atoms with van der Waals surface area (Å²) in [5.41, 5.74) is 0.792. The molecule has 0 fully saturated rings. The van der Waals surface area contributed by atoms with Crippen molar-refractivity contribution in [3.63, 3.8) is 0 Å². The predicted octanol–water partition coefficient (Wildman–Crippen LogP) is 5.73. The smallest absolute Gasteiger partial charge is 0.266 e. The average molecular weight is 419 g/mol. The Labute approximate surface area is 174 Å². The van der Waals surface area contributed by atoms with E-state index in [2.05, 4.69) is 5.32 Å². The number of ether oxygens (including phenoxy) is 2. The minimum Gasteiger partial charge on any atom is -0.490 e. The summed E-state index contributed by atoms with van der Waals surface area (Å²) in [6.45, 7) is 4.81. The second-order valence-electron chi connectivity index (χ2n) is 5.70. The van der Waals surface area contributed by atoms with Crippen LogP contribution in [0.4, 0.5) is 5.69 Å². The molecule has 2 rings (SSSR count). The number of benzene rings is 2. The number of carbonyl (C=O) groups excluding carboxylic acids is 1. The quantitative estimate of drug-likeness (QED) is 0.438. The highest BCUT2D eigenvalue weighted by atomic mass is 35.5. The van der Waals surface area contributed by atoms with Crippen molar-refractivity contribution in [3.8, 4) is 17.6 Å². The first-order valence-corrected chi connectivity index (χ1v) is 9.52. The number of rotatable bonds is 8. The number of nitrogens with one attached hydrogen (secondary N) is 1. The Morgan fingerprint density at radius 2 is 2.00 bits per heavy atom. The molecule has 1 N–H and O–H groups in total. The summed E-state index contributed by atoms with van der Waals surface area (Å²) in [6, 6.07) is 11.9. The highest BCUT2D eigenvalue weighted by molar-refractivity contribution is 6.36. The molecule has 0 unspecified atom stereocenters. The van der Waals surface area contributed by atoms with Gasteiger partial charge in [0.2, 0.25) is 0 Å². The largest absolute Gasteiger partial charge is 0.490 e. The van der Waals surface area contributed by atoms with E-state index in [1.54, 1.807) is 30.3 Å². The van der Waals surface area contributed by atoms with E-state index < -0.39 is 5.91 Å². The van der Waals surface area contributed by atoms with E-state index in [0.717, 1.165) is 6.42 Å². The lowest BCUT2D eigenvalue weighted by Gasteiger charge is -2.14. The van der Waals surface area contributed by atoms with Gasteiger partial charge in [-0.05, 0) is 43.7 Å². The van der Waals surface area contributed by atoms with Crippen molar-refractivity contribution in [2.45, 2.75) is 20.3 Å². The number of hydrogen-bond donors (Lipinski definition) is 1. The van der Waals surface area contributed by atoms with Crippen LogP contribution in [0.2, 0.25) is 10.0 Å². The zero-order valence-electron chi connectivity index (χ0n) is 15.6. The molecule has 0 heterocycles. The van der Waals surface area contributed by atoms with E-state index in [-0.39, 0.29) is 5.57 Å². The van der Waals surface area contributed by atoms with Crippen LogP contribution < -0.4 is 14.8 Å². The van der Waals surface area contributed by atoms with Gasteiger partial charge in [-0.3, -0.25) is 4.79 Å². The van der Waals surface area contributed by atoms with E-state index in [4.69, 9.17) is 32.7 Å². The van der Waals surface area contributed by atoms with Gasteiger partial charge >= 0.3 is 0 Å². The molecule has 0 atom stereocenters. The van der Waals surface area contributed by atoms with E-state index in [9.17, 15) is 10.1 Å². The molecule has 0 saturated carbocycles. The standard InChI is InChI=1S/C21H20Cl2N2O3/c1-3-10-28-20-14(6-5-7-19(20)27-4-2)11-15(13-24)21(26)25-18-12-16(22)8-9-17(18)23/h5-9,11-12H,3-4,10H2,1-2H3,(H,25,26)/b15-11+. The summed E-state index contributed by atoms with van der Waals surface area (Å²) >= 11 is 12.0. The van der Waals surface area contributed by atoms with Crippen molar-refractivity contribution in [1.82, 2.24) is 0 Å². The monoisotopic (exact) mass is 418 g/mol. The molecule has 28 heavy (non-hydrogen) atoms. The van der Waals surface area contributed by atoms with Crippen LogP contribution >= 0.6 is 23.2 Å². The van der Waals surface area contributed by atoms with Gasteiger partial charge in [-0.2, -0.15) is 5.26 Å². The zero-order valence-corrected chi connectivity index (χ0v) is 17.1. The van der Waals surface area contributed by atoms with Crippen LogP contribution in [0.3, 0.4) is 0 Å². The number of amides is 1. The Bertz CT molecular complexity index is 920. The number of carbonyl (C=O) groups is 1. The van der Waals surface area contributed by atoms with Gasteiger partial charge in [0.1, 0.15) is 11.6 Å². The molecule has 2 aromatic carbocycles. The Kier molecular flexibility index (Phi) is 8.19. The molecule has 0 aliphatic heterocycles. The maximum absolute atomic E-state index is 12.6. The zero-order chi connectivity index (χ0) is 20.5. The normalized spacial score (nSPS) is 10.9. The lowest BCUT2D eigenvalue weighted by Crippen LogP contribution is -2.14. The molecule has 7 heteroatoms.